The van der Waals surface area contributed by atoms with Gasteiger partial charge in [0.1, 0.15) is 5.75 Å². The number of nitrogens with two attached hydrogens (primary N) is 1. The molecule has 142 valence electrons. The number of amides is 1. The average molecular weight is 380 g/mol. The van der Waals surface area contributed by atoms with Gasteiger partial charge in [-0.15, -0.1) is 0 Å². The molecule has 0 fully saturated rings. The first-order valence-corrected chi connectivity index (χ1v) is 8.99. The lowest BCUT2D eigenvalue weighted by molar-refractivity contribution is -0.126. The van der Waals surface area contributed by atoms with Gasteiger partial charge < -0.3 is 25.0 Å². The summed E-state index contributed by atoms with van der Waals surface area (Å²) in [4.78, 5) is 29.5. The molecule has 25 heavy (non-hydrogen) atoms. The van der Waals surface area contributed by atoms with Crippen molar-refractivity contribution in [2.45, 2.75) is 6.17 Å². The number of carbonyl (C=O) groups excluding carboxylic acids is 1. The van der Waals surface area contributed by atoms with E-state index in [0.29, 0.717) is 26.4 Å². The monoisotopic (exact) mass is 380 g/mol. The van der Waals surface area contributed by atoms with Gasteiger partial charge in [-0.05, 0) is 6.07 Å². The molecule has 1 atom stereocenters. The van der Waals surface area contributed by atoms with E-state index >= 15 is 0 Å². The van der Waals surface area contributed by atoms with Crippen LogP contribution in [0.15, 0.2) is 24.3 Å². The highest BCUT2D eigenvalue weighted by atomic mass is 31.2. The third-order valence-electron chi connectivity index (χ3n) is 2.82. The molecule has 0 saturated carbocycles. The Morgan fingerprint density at radius 2 is 1.84 bits per heavy atom. The van der Waals surface area contributed by atoms with Gasteiger partial charge in [-0.25, -0.2) is 8.96 Å². The molecule has 0 aliphatic carbocycles. The predicted octanol–water partition coefficient (Wildman–Crippen LogP) is 0.277. The number of ether oxygens (including phenoxy) is 2. The number of hydrogen-bond donors (Lipinski definition) is 4. The first-order chi connectivity index (χ1) is 11.8. The summed E-state index contributed by atoms with van der Waals surface area (Å²) in [5, 5.41) is 2.32. The Hall–Kier alpha value is -1.55. The number of hydrogen-bond acceptors (Lipinski definition) is 6. The number of rotatable bonds is 12. The van der Waals surface area contributed by atoms with Crippen LogP contribution in [0.1, 0.15) is 11.7 Å². The summed E-state index contributed by atoms with van der Waals surface area (Å²) in [6, 6.07) is 5.20. The number of halogens is 1. The topological polar surface area (TPSA) is 140 Å². The van der Waals surface area contributed by atoms with Crippen LogP contribution >= 0.6 is 7.82 Å². The quantitative estimate of drug-likeness (QED) is 0.299. The summed E-state index contributed by atoms with van der Waals surface area (Å²) >= 11 is 0. The number of nitrogens with one attached hydrogen (secondary N) is 1. The standard InChI is InChI=1S/C14H22FN2O7P/c15-13(11-3-1-2-4-12(11)24-25(19,20)21)14(18)17-6-8-23-10-9-22-7-5-16/h1-4,13H,5-10,16H2,(H,17,18)(H2,19,20,21). The second-order valence-corrected chi connectivity index (χ2v) is 5.95. The van der Waals surface area contributed by atoms with Crippen molar-refractivity contribution in [1.82, 2.24) is 5.32 Å². The molecule has 1 amide bonds. The molecule has 0 spiro atoms. The van der Waals surface area contributed by atoms with Crippen molar-refractivity contribution < 1.29 is 37.5 Å². The lowest BCUT2D eigenvalue weighted by Gasteiger charge is -2.15. The molecule has 0 aromatic heterocycles. The molecule has 0 aliphatic rings. The van der Waals surface area contributed by atoms with Crippen molar-refractivity contribution in [2.24, 2.45) is 5.73 Å². The normalized spacial score (nSPS) is 12.6. The smallest absolute Gasteiger partial charge is 0.404 e. The zero-order valence-corrected chi connectivity index (χ0v) is 14.4. The van der Waals surface area contributed by atoms with Crippen molar-refractivity contribution in [3.05, 3.63) is 29.8 Å². The summed E-state index contributed by atoms with van der Waals surface area (Å²) < 4.78 is 39.8. The van der Waals surface area contributed by atoms with E-state index in [1.807, 2.05) is 0 Å². The van der Waals surface area contributed by atoms with E-state index in [2.05, 4.69) is 9.84 Å². The largest absolute Gasteiger partial charge is 0.524 e. The number of benzene rings is 1. The van der Waals surface area contributed by atoms with Crippen molar-refractivity contribution in [2.75, 3.05) is 39.5 Å². The van der Waals surface area contributed by atoms with E-state index in [9.17, 15) is 13.8 Å². The number of phosphoric acid groups is 1. The van der Waals surface area contributed by atoms with Gasteiger partial charge in [0.05, 0.1) is 26.4 Å². The van der Waals surface area contributed by atoms with Crippen molar-refractivity contribution in [3.63, 3.8) is 0 Å². The van der Waals surface area contributed by atoms with Crippen LogP contribution in [0, 0.1) is 0 Å². The maximum Gasteiger partial charge on any atom is 0.524 e. The highest BCUT2D eigenvalue weighted by Crippen LogP contribution is 2.41. The van der Waals surface area contributed by atoms with Crippen molar-refractivity contribution >= 4 is 13.7 Å². The molecule has 1 aromatic rings. The fourth-order valence-electron chi connectivity index (χ4n) is 1.78. The SMILES string of the molecule is NCCOCCOCCNC(=O)C(F)c1ccccc1OP(=O)(O)O. The number of alkyl halides is 1. The first kappa shape index (κ1) is 21.5. The number of para-hydroxylation sites is 1. The van der Waals surface area contributed by atoms with Crippen molar-refractivity contribution in [1.29, 1.82) is 0 Å². The molecule has 0 saturated heterocycles. The Morgan fingerprint density at radius 3 is 2.48 bits per heavy atom. The van der Waals surface area contributed by atoms with Crippen LogP contribution in [0.25, 0.3) is 0 Å². The van der Waals surface area contributed by atoms with Gasteiger partial charge in [0.2, 0.25) is 6.17 Å². The van der Waals surface area contributed by atoms with Crippen LogP contribution in [-0.4, -0.2) is 55.2 Å². The van der Waals surface area contributed by atoms with Gasteiger partial charge in [0, 0.05) is 18.7 Å². The minimum atomic E-state index is -4.86. The minimum Gasteiger partial charge on any atom is -0.404 e. The summed E-state index contributed by atoms with van der Waals surface area (Å²) in [7, 11) is -4.86. The highest BCUT2D eigenvalue weighted by molar-refractivity contribution is 7.46. The molecule has 0 bridgehead atoms. The maximum absolute atomic E-state index is 14.3. The zero-order chi connectivity index (χ0) is 18.7. The second-order valence-electron chi connectivity index (χ2n) is 4.79. The zero-order valence-electron chi connectivity index (χ0n) is 13.5. The van der Waals surface area contributed by atoms with Crippen LogP contribution in [0.3, 0.4) is 0 Å². The molecule has 11 heteroatoms. The fourth-order valence-corrected chi connectivity index (χ4v) is 2.21. The van der Waals surface area contributed by atoms with Gasteiger partial charge in [-0.3, -0.25) is 14.6 Å². The molecule has 5 N–H and O–H groups in total. The van der Waals surface area contributed by atoms with Crippen LogP contribution < -0.4 is 15.6 Å². The fraction of sp³-hybridized carbons (Fsp3) is 0.500. The van der Waals surface area contributed by atoms with Crippen molar-refractivity contribution in [3.8, 4) is 5.75 Å². The minimum absolute atomic E-state index is 0.0671. The average Bonchev–Trinajstić information content (AvgIpc) is 2.55. The van der Waals surface area contributed by atoms with E-state index in [1.165, 1.54) is 24.3 Å². The van der Waals surface area contributed by atoms with E-state index in [0.717, 1.165) is 0 Å². The lowest BCUT2D eigenvalue weighted by Crippen LogP contribution is -2.31. The molecular formula is C14H22FN2O7P. The summed E-state index contributed by atoms with van der Waals surface area (Å²) in [6.45, 7) is 1.75. The molecule has 0 radical (unpaired) electrons. The van der Waals surface area contributed by atoms with Gasteiger partial charge in [-0.1, -0.05) is 18.2 Å². The number of phosphoric ester groups is 1. The van der Waals surface area contributed by atoms with E-state index < -0.39 is 25.7 Å². The number of carbonyl (C=O) groups is 1. The Kier molecular flexibility index (Phi) is 9.58. The van der Waals surface area contributed by atoms with Gasteiger partial charge in [0.15, 0.2) is 0 Å². The van der Waals surface area contributed by atoms with Gasteiger partial charge in [-0.2, -0.15) is 0 Å². The Labute approximate surface area is 144 Å². The first-order valence-electron chi connectivity index (χ1n) is 7.46. The van der Waals surface area contributed by atoms with E-state index in [-0.39, 0.29) is 18.7 Å². The summed E-state index contributed by atoms with van der Waals surface area (Å²) in [5.74, 6) is -1.36. The van der Waals surface area contributed by atoms with Gasteiger partial charge in [0.25, 0.3) is 5.91 Å². The third kappa shape index (κ3) is 8.92. The van der Waals surface area contributed by atoms with E-state index in [1.54, 1.807) is 0 Å². The third-order valence-corrected chi connectivity index (χ3v) is 3.25. The van der Waals surface area contributed by atoms with Crippen LogP contribution in [0.4, 0.5) is 4.39 Å². The molecular weight excluding hydrogens is 358 g/mol. The second kappa shape index (κ2) is 11.1. The van der Waals surface area contributed by atoms with Crippen LogP contribution in [0.5, 0.6) is 5.75 Å². The highest BCUT2D eigenvalue weighted by Gasteiger charge is 2.26. The lowest BCUT2D eigenvalue weighted by atomic mass is 10.1. The summed E-state index contributed by atoms with van der Waals surface area (Å²) in [5.41, 5.74) is 4.97. The molecule has 0 heterocycles. The van der Waals surface area contributed by atoms with E-state index in [4.69, 9.17) is 25.0 Å². The predicted molar refractivity (Wildman–Crippen MR) is 86.7 cm³/mol. The van der Waals surface area contributed by atoms with Gasteiger partial charge >= 0.3 is 7.82 Å². The van der Waals surface area contributed by atoms with Crippen LogP contribution in [-0.2, 0) is 18.8 Å². The Bertz CT molecular complexity index is 584. The molecule has 1 rings (SSSR count). The molecule has 9 nitrogen and oxygen atoms in total. The molecule has 0 aliphatic heterocycles. The Morgan fingerprint density at radius 1 is 1.20 bits per heavy atom. The summed E-state index contributed by atoms with van der Waals surface area (Å²) in [6.07, 6.45) is -2.14. The molecule has 1 unspecified atom stereocenters. The Balaban J connectivity index is 2.43. The van der Waals surface area contributed by atoms with Crippen LogP contribution in [0.2, 0.25) is 0 Å². The maximum atomic E-state index is 14.3. The molecule has 1 aromatic carbocycles.